The topological polar surface area (TPSA) is 101 Å². The second-order valence-electron chi connectivity index (χ2n) is 8.04. The van der Waals surface area contributed by atoms with Gasteiger partial charge >= 0.3 is 6.18 Å². The number of rotatable bonds is 7. The SMILES string of the molecule is CCS(=O)(=O)c1ccc(Cl)cc1CNC(=O)c1cc(Cl)c(CC2NCCC2N)c(C(F)(F)F)c1. The van der Waals surface area contributed by atoms with Crippen LogP contribution in [0.3, 0.4) is 0 Å². The van der Waals surface area contributed by atoms with E-state index in [0.717, 1.165) is 6.07 Å². The number of benzene rings is 2. The summed E-state index contributed by atoms with van der Waals surface area (Å²) < 4.78 is 66.2. The summed E-state index contributed by atoms with van der Waals surface area (Å²) in [7, 11) is -3.61. The number of alkyl halides is 3. The number of sulfone groups is 1. The second kappa shape index (κ2) is 10.4. The van der Waals surface area contributed by atoms with Gasteiger partial charge in [0.05, 0.1) is 16.2 Å². The summed E-state index contributed by atoms with van der Waals surface area (Å²) in [6.45, 7) is 1.82. The van der Waals surface area contributed by atoms with Crippen molar-refractivity contribution in [2.45, 2.75) is 49.5 Å². The van der Waals surface area contributed by atoms with E-state index in [1.54, 1.807) is 0 Å². The van der Waals surface area contributed by atoms with Crippen molar-refractivity contribution in [2.24, 2.45) is 5.73 Å². The highest BCUT2D eigenvalue weighted by Gasteiger charge is 2.37. The Labute approximate surface area is 205 Å². The van der Waals surface area contributed by atoms with E-state index in [-0.39, 0.29) is 62.4 Å². The first kappa shape index (κ1) is 26.7. The van der Waals surface area contributed by atoms with Crippen LogP contribution in [-0.2, 0) is 29.0 Å². The third-order valence-corrected chi connectivity index (χ3v) is 8.17. The van der Waals surface area contributed by atoms with Gasteiger partial charge in [-0.3, -0.25) is 4.79 Å². The molecule has 3 rings (SSSR count). The van der Waals surface area contributed by atoms with Gasteiger partial charge in [0.15, 0.2) is 9.84 Å². The average molecular weight is 538 g/mol. The average Bonchev–Trinajstić information content (AvgIpc) is 3.16. The molecule has 1 amide bonds. The first-order valence-corrected chi connectivity index (χ1v) is 12.9. The van der Waals surface area contributed by atoms with Gasteiger partial charge in [-0.15, -0.1) is 0 Å². The fourth-order valence-electron chi connectivity index (χ4n) is 3.88. The number of hydrogen-bond donors (Lipinski definition) is 3. The van der Waals surface area contributed by atoms with Crippen LogP contribution in [0, 0.1) is 0 Å². The molecule has 1 heterocycles. The Balaban J connectivity index is 1.89. The van der Waals surface area contributed by atoms with Crippen LogP contribution in [0.5, 0.6) is 0 Å². The third kappa shape index (κ3) is 6.04. The number of carbonyl (C=O) groups excluding carboxylic acids is 1. The Morgan fingerprint density at radius 2 is 1.94 bits per heavy atom. The monoisotopic (exact) mass is 537 g/mol. The minimum absolute atomic E-state index is 0.00976. The van der Waals surface area contributed by atoms with Gasteiger partial charge in [-0.2, -0.15) is 13.2 Å². The van der Waals surface area contributed by atoms with E-state index in [0.29, 0.717) is 13.0 Å². The van der Waals surface area contributed by atoms with Crippen LogP contribution < -0.4 is 16.4 Å². The molecule has 2 aromatic rings. The molecule has 12 heteroatoms. The fourth-order valence-corrected chi connectivity index (χ4v) is 5.49. The van der Waals surface area contributed by atoms with Crippen molar-refractivity contribution in [1.29, 1.82) is 0 Å². The highest BCUT2D eigenvalue weighted by molar-refractivity contribution is 7.91. The molecule has 34 heavy (non-hydrogen) atoms. The van der Waals surface area contributed by atoms with Gasteiger partial charge in [0.2, 0.25) is 0 Å². The number of hydrogen-bond acceptors (Lipinski definition) is 5. The second-order valence-corrected chi connectivity index (χ2v) is 11.1. The zero-order valence-corrected chi connectivity index (χ0v) is 20.5. The van der Waals surface area contributed by atoms with E-state index in [9.17, 15) is 26.4 Å². The van der Waals surface area contributed by atoms with Gasteiger partial charge in [0.1, 0.15) is 0 Å². The lowest BCUT2D eigenvalue weighted by Crippen LogP contribution is -2.38. The van der Waals surface area contributed by atoms with Crippen molar-refractivity contribution in [1.82, 2.24) is 10.6 Å². The molecule has 0 aromatic heterocycles. The molecule has 1 fully saturated rings. The van der Waals surface area contributed by atoms with Crippen LogP contribution in [0.1, 0.15) is 40.4 Å². The number of carbonyl (C=O) groups is 1. The van der Waals surface area contributed by atoms with Crippen molar-refractivity contribution < 1.29 is 26.4 Å². The summed E-state index contributed by atoms with van der Waals surface area (Å²) in [5.41, 5.74) is 4.75. The molecular formula is C22H24Cl2F3N3O3S. The van der Waals surface area contributed by atoms with Crippen LogP contribution in [0.25, 0.3) is 0 Å². The van der Waals surface area contributed by atoms with Crippen molar-refractivity contribution in [3.05, 3.63) is 62.6 Å². The maximum absolute atomic E-state index is 13.8. The molecule has 0 spiro atoms. The van der Waals surface area contributed by atoms with E-state index >= 15 is 0 Å². The molecule has 1 aliphatic rings. The Kier molecular flexibility index (Phi) is 8.19. The van der Waals surface area contributed by atoms with E-state index in [1.165, 1.54) is 31.2 Å². The van der Waals surface area contributed by atoms with Crippen LogP contribution in [0.4, 0.5) is 13.2 Å². The first-order chi connectivity index (χ1) is 15.8. The Morgan fingerprint density at radius 1 is 1.24 bits per heavy atom. The van der Waals surface area contributed by atoms with E-state index in [1.807, 2.05) is 0 Å². The highest BCUT2D eigenvalue weighted by Crippen LogP contribution is 2.37. The molecule has 2 aromatic carbocycles. The third-order valence-electron chi connectivity index (χ3n) is 5.77. The maximum Gasteiger partial charge on any atom is 0.416 e. The Hall–Kier alpha value is -1.85. The highest BCUT2D eigenvalue weighted by atomic mass is 35.5. The molecule has 6 nitrogen and oxygen atoms in total. The molecule has 0 bridgehead atoms. The smallest absolute Gasteiger partial charge is 0.348 e. The van der Waals surface area contributed by atoms with E-state index in [4.69, 9.17) is 28.9 Å². The predicted octanol–water partition coefficient (Wildman–Crippen LogP) is 3.97. The van der Waals surface area contributed by atoms with Gasteiger partial charge in [0.25, 0.3) is 5.91 Å². The molecule has 2 unspecified atom stereocenters. The lowest BCUT2D eigenvalue weighted by molar-refractivity contribution is -0.138. The molecule has 4 N–H and O–H groups in total. The number of nitrogens with one attached hydrogen (secondary N) is 2. The summed E-state index contributed by atoms with van der Waals surface area (Å²) in [4.78, 5) is 12.7. The molecule has 2 atom stereocenters. The molecule has 0 radical (unpaired) electrons. The van der Waals surface area contributed by atoms with Crippen molar-refractivity contribution in [3.8, 4) is 0 Å². The summed E-state index contributed by atoms with van der Waals surface area (Å²) in [6.07, 6.45) is -4.13. The quantitative estimate of drug-likeness (QED) is 0.496. The standard InChI is InChI=1S/C22H24Cl2F3N3O3S/c1-2-34(32,33)20-4-3-14(23)7-13(20)11-30-21(31)12-8-16(22(25,26)27)15(17(24)9-12)10-19-18(28)5-6-29-19/h3-4,7-9,18-19,29H,2,5-6,10-11,28H2,1H3,(H,30,31). The van der Waals surface area contributed by atoms with Crippen LogP contribution >= 0.6 is 23.2 Å². The lowest BCUT2D eigenvalue weighted by atomic mass is 9.95. The fraction of sp³-hybridized carbons (Fsp3) is 0.409. The van der Waals surface area contributed by atoms with Crippen LogP contribution in [0.15, 0.2) is 35.2 Å². The summed E-state index contributed by atoms with van der Waals surface area (Å²) in [5, 5.41) is 5.60. The zero-order valence-electron chi connectivity index (χ0n) is 18.2. The number of nitrogens with two attached hydrogens (primary N) is 1. The van der Waals surface area contributed by atoms with Crippen molar-refractivity contribution in [2.75, 3.05) is 12.3 Å². The van der Waals surface area contributed by atoms with Crippen LogP contribution in [-0.4, -0.2) is 38.7 Å². The number of amides is 1. The van der Waals surface area contributed by atoms with Gasteiger partial charge in [-0.05, 0) is 60.8 Å². The lowest BCUT2D eigenvalue weighted by Gasteiger charge is -2.21. The molecule has 0 saturated carbocycles. The normalized spacial score (nSPS) is 18.8. The summed E-state index contributed by atoms with van der Waals surface area (Å²) in [6, 6.07) is 5.39. The predicted molar refractivity (Wildman–Crippen MR) is 125 cm³/mol. The minimum Gasteiger partial charge on any atom is -0.348 e. The Morgan fingerprint density at radius 3 is 2.53 bits per heavy atom. The zero-order chi connectivity index (χ0) is 25.3. The molecular weight excluding hydrogens is 514 g/mol. The first-order valence-electron chi connectivity index (χ1n) is 10.5. The maximum atomic E-state index is 13.8. The van der Waals surface area contributed by atoms with Gasteiger partial charge in [-0.1, -0.05) is 30.1 Å². The largest absolute Gasteiger partial charge is 0.416 e. The minimum atomic E-state index is -4.74. The van der Waals surface area contributed by atoms with Crippen LogP contribution in [0.2, 0.25) is 10.0 Å². The Bertz CT molecular complexity index is 1190. The van der Waals surface area contributed by atoms with E-state index in [2.05, 4.69) is 10.6 Å². The van der Waals surface area contributed by atoms with Crippen molar-refractivity contribution >= 4 is 38.9 Å². The molecule has 1 aliphatic heterocycles. The van der Waals surface area contributed by atoms with Crippen molar-refractivity contribution in [3.63, 3.8) is 0 Å². The molecule has 0 aliphatic carbocycles. The summed E-state index contributed by atoms with van der Waals surface area (Å²) >= 11 is 12.2. The van der Waals surface area contributed by atoms with Gasteiger partial charge < -0.3 is 16.4 Å². The molecule has 1 saturated heterocycles. The summed E-state index contributed by atoms with van der Waals surface area (Å²) in [5.74, 6) is -1.00. The van der Waals surface area contributed by atoms with Gasteiger partial charge in [-0.25, -0.2) is 8.42 Å². The number of halogens is 5. The molecule has 186 valence electrons. The van der Waals surface area contributed by atoms with E-state index < -0.39 is 27.5 Å². The van der Waals surface area contributed by atoms with Gasteiger partial charge in [0, 0.05) is 34.2 Å².